The Morgan fingerprint density at radius 3 is 2.46 bits per heavy atom. The number of piperazine rings is 1. The molecule has 2 aromatic carbocycles. The van der Waals surface area contributed by atoms with E-state index in [2.05, 4.69) is 10.2 Å². The van der Waals surface area contributed by atoms with E-state index in [4.69, 9.17) is 11.6 Å². The first kappa shape index (κ1) is 19.1. The predicted molar refractivity (Wildman–Crippen MR) is 103 cm³/mol. The standard InChI is InChI=1S/C20H18ClF4N3/c21-15-5-4-13(10-16(15)22)12-28-18-3-1-2-17(27-8-6-26-7-9-27)14(18)11-19(28)20(23,24)25/h1-5,10-11,26H,6-9,12H2. The van der Waals surface area contributed by atoms with E-state index in [1.807, 2.05) is 6.07 Å². The van der Waals surface area contributed by atoms with Gasteiger partial charge in [-0.3, -0.25) is 0 Å². The monoisotopic (exact) mass is 411 g/mol. The van der Waals surface area contributed by atoms with Crippen molar-refractivity contribution in [2.24, 2.45) is 0 Å². The molecule has 1 aromatic heterocycles. The molecule has 0 amide bonds. The van der Waals surface area contributed by atoms with Gasteiger partial charge in [0.25, 0.3) is 0 Å². The van der Waals surface area contributed by atoms with Gasteiger partial charge in [0.1, 0.15) is 11.5 Å². The van der Waals surface area contributed by atoms with Crippen molar-refractivity contribution < 1.29 is 17.6 Å². The van der Waals surface area contributed by atoms with Gasteiger partial charge in [-0.05, 0) is 35.9 Å². The molecule has 1 fully saturated rings. The Balaban J connectivity index is 1.84. The molecule has 2 heterocycles. The highest BCUT2D eigenvalue weighted by Gasteiger charge is 2.36. The van der Waals surface area contributed by atoms with Gasteiger partial charge >= 0.3 is 6.18 Å². The van der Waals surface area contributed by atoms with Crippen LogP contribution in [0.5, 0.6) is 0 Å². The maximum Gasteiger partial charge on any atom is 0.431 e. The molecule has 0 saturated carbocycles. The van der Waals surface area contributed by atoms with Crippen molar-refractivity contribution in [2.75, 3.05) is 31.1 Å². The Morgan fingerprint density at radius 2 is 1.79 bits per heavy atom. The summed E-state index contributed by atoms with van der Waals surface area (Å²) in [6, 6.07) is 10.5. The molecule has 1 saturated heterocycles. The number of aromatic nitrogens is 1. The van der Waals surface area contributed by atoms with Crippen molar-refractivity contribution in [1.82, 2.24) is 9.88 Å². The first-order chi connectivity index (χ1) is 13.3. The van der Waals surface area contributed by atoms with Crippen molar-refractivity contribution >= 4 is 28.2 Å². The molecule has 0 bridgehead atoms. The van der Waals surface area contributed by atoms with E-state index in [9.17, 15) is 17.6 Å². The average molecular weight is 412 g/mol. The number of benzene rings is 2. The van der Waals surface area contributed by atoms with Gasteiger partial charge in [-0.15, -0.1) is 0 Å². The first-order valence-corrected chi connectivity index (χ1v) is 9.31. The van der Waals surface area contributed by atoms with Crippen molar-refractivity contribution in [3.05, 3.63) is 64.6 Å². The van der Waals surface area contributed by atoms with Crippen molar-refractivity contribution in [1.29, 1.82) is 0 Å². The zero-order valence-electron chi connectivity index (χ0n) is 14.9. The van der Waals surface area contributed by atoms with Crippen LogP contribution in [0, 0.1) is 5.82 Å². The maximum atomic E-state index is 13.8. The molecule has 1 aliphatic rings. The number of rotatable bonds is 3. The number of alkyl halides is 3. The summed E-state index contributed by atoms with van der Waals surface area (Å²) in [5, 5.41) is 3.73. The molecule has 0 aliphatic carbocycles. The maximum absolute atomic E-state index is 13.8. The van der Waals surface area contributed by atoms with Crippen molar-refractivity contribution in [3.63, 3.8) is 0 Å². The molecule has 0 radical (unpaired) electrons. The Morgan fingerprint density at radius 1 is 1.04 bits per heavy atom. The Bertz CT molecular complexity index is 1010. The third-order valence-electron chi connectivity index (χ3n) is 5.00. The molecular formula is C20H18ClF4N3. The van der Waals surface area contributed by atoms with Crippen LogP contribution in [0.2, 0.25) is 5.02 Å². The highest BCUT2D eigenvalue weighted by Crippen LogP contribution is 2.38. The molecule has 28 heavy (non-hydrogen) atoms. The second-order valence-electron chi connectivity index (χ2n) is 6.81. The van der Waals surface area contributed by atoms with Gasteiger partial charge < -0.3 is 14.8 Å². The van der Waals surface area contributed by atoms with Crippen LogP contribution in [-0.2, 0) is 12.7 Å². The summed E-state index contributed by atoms with van der Waals surface area (Å²) in [6.07, 6.45) is -4.52. The van der Waals surface area contributed by atoms with E-state index in [1.54, 1.807) is 12.1 Å². The lowest BCUT2D eigenvalue weighted by Gasteiger charge is -2.30. The molecule has 3 nitrogen and oxygen atoms in total. The number of nitrogens with zero attached hydrogens (tertiary/aromatic N) is 2. The van der Waals surface area contributed by atoms with Crippen molar-refractivity contribution in [2.45, 2.75) is 12.7 Å². The second kappa shape index (κ2) is 7.29. The summed E-state index contributed by atoms with van der Waals surface area (Å²) in [5.74, 6) is -0.648. The number of hydrogen-bond acceptors (Lipinski definition) is 2. The fourth-order valence-corrected chi connectivity index (χ4v) is 3.79. The van der Waals surface area contributed by atoms with E-state index in [0.717, 1.165) is 31.9 Å². The average Bonchev–Trinajstić information content (AvgIpc) is 3.04. The molecule has 8 heteroatoms. The van der Waals surface area contributed by atoms with Crippen LogP contribution in [0.15, 0.2) is 42.5 Å². The normalized spacial score (nSPS) is 15.4. The third kappa shape index (κ3) is 3.56. The van der Waals surface area contributed by atoms with Crippen LogP contribution < -0.4 is 10.2 Å². The number of fused-ring (bicyclic) bond motifs is 1. The number of anilines is 1. The minimum atomic E-state index is -4.52. The van der Waals surface area contributed by atoms with E-state index in [1.165, 1.54) is 28.8 Å². The van der Waals surface area contributed by atoms with Gasteiger partial charge in [0, 0.05) is 43.8 Å². The zero-order chi connectivity index (χ0) is 19.9. The van der Waals surface area contributed by atoms with E-state index in [0.29, 0.717) is 16.5 Å². The van der Waals surface area contributed by atoms with Gasteiger partial charge in [-0.25, -0.2) is 4.39 Å². The van der Waals surface area contributed by atoms with Crippen LogP contribution in [0.3, 0.4) is 0 Å². The predicted octanol–water partition coefficient (Wildman–Crippen LogP) is 4.91. The molecule has 4 rings (SSSR count). The van der Waals surface area contributed by atoms with Gasteiger partial charge in [0.05, 0.1) is 10.5 Å². The quantitative estimate of drug-likeness (QED) is 0.618. The van der Waals surface area contributed by atoms with Crippen LogP contribution >= 0.6 is 11.6 Å². The molecule has 0 atom stereocenters. The fourth-order valence-electron chi connectivity index (χ4n) is 3.68. The second-order valence-corrected chi connectivity index (χ2v) is 7.22. The molecular weight excluding hydrogens is 394 g/mol. The number of hydrogen-bond donors (Lipinski definition) is 1. The lowest BCUT2D eigenvalue weighted by Crippen LogP contribution is -2.43. The molecule has 1 aliphatic heterocycles. The largest absolute Gasteiger partial charge is 0.431 e. The Hall–Kier alpha value is -2.25. The first-order valence-electron chi connectivity index (χ1n) is 8.93. The van der Waals surface area contributed by atoms with E-state index >= 15 is 0 Å². The Labute approximate surface area is 164 Å². The molecule has 1 N–H and O–H groups in total. The van der Waals surface area contributed by atoms with E-state index < -0.39 is 17.7 Å². The molecule has 3 aromatic rings. The van der Waals surface area contributed by atoms with Crippen LogP contribution in [0.25, 0.3) is 10.9 Å². The lowest BCUT2D eigenvalue weighted by molar-refractivity contribution is -0.143. The topological polar surface area (TPSA) is 20.2 Å². The van der Waals surface area contributed by atoms with Crippen LogP contribution in [0.1, 0.15) is 11.3 Å². The molecule has 148 valence electrons. The van der Waals surface area contributed by atoms with E-state index in [-0.39, 0.29) is 11.6 Å². The van der Waals surface area contributed by atoms with Crippen LogP contribution in [0.4, 0.5) is 23.2 Å². The molecule has 0 unspecified atom stereocenters. The lowest BCUT2D eigenvalue weighted by atomic mass is 10.1. The Kier molecular flexibility index (Phi) is 4.97. The van der Waals surface area contributed by atoms with Gasteiger partial charge in [0.2, 0.25) is 0 Å². The number of nitrogens with one attached hydrogen (secondary N) is 1. The summed E-state index contributed by atoms with van der Waals surface area (Å²) in [7, 11) is 0. The summed E-state index contributed by atoms with van der Waals surface area (Å²) >= 11 is 5.70. The number of halogens is 5. The summed E-state index contributed by atoms with van der Waals surface area (Å²) < 4.78 is 56.3. The minimum absolute atomic E-state index is 0.0573. The fraction of sp³-hybridized carbons (Fsp3) is 0.300. The zero-order valence-corrected chi connectivity index (χ0v) is 15.6. The highest BCUT2D eigenvalue weighted by atomic mass is 35.5. The van der Waals surface area contributed by atoms with Gasteiger partial charge in [-0.2, -0.15) is 13.2 Å². The van der Waals surface area contributed by atoms with Crippen molar-refractivity contribution in [3.8, 4) is 0 Å². The summed E-state index contributed by atoms with van der Waals surface area (Å²) in [6.45, 7) is 2.93. The smallest absolute Gasteiger partial charge is 0.368 e. The van der Waals surface area contributed by atoms with Crippen LogP contribution in [-0.4, -0.2) is 30.7 Å². The minimum Gasteiger partial charge on any atom is -0.368 e. The van der Waals surface area contributed by atoms with Gasteiger partial charge in [-0.1, -0.05) is 23.7 Å². The SMILES string of the molecule is Fc1cc(Cn2c(C(F)(F)F)cc3c(N4CCNCC4)cccc32)ccc1Cl. The summed E-state index contributed by atoms with van der Waals surface area (Å²) in [5.41, 5.74) is 0.919. The highest BCUT2D eigenvalue weighted by molar-refractivity contribution is 6.30. The van der Waals surface area contributed by atoms with Gasteiger partial charge in [0.15, 0.2) is 0 Å². The third-order valence-corrected chi connectivity index (χ3v) is 5.30. The summed E-state index contributed by atoms with van der Waals surface area (Å²) in [4.78, 5) is 2.09. The molecule has 0 spiro atoms.